The Balaban J connectivity index is 0.000000138. The number of benzene rings is 1. The van der Waals surface area contributed by atoms with Gasteiger partial charge in [-0.1, -0.05) is 23.7 Å². The van der Waals surface area contributed by atoms with Gasteiger partial charge in [0.05, 0.1) is 59.4 Å². The number of halogens is 5. The van der Waals surface area contributed by atoms with Gasteiger partial charge in [-0.2, -0.15) is 25.5 Å². The van der Waals surface area contributed by atoms with Gasteiger partial charge in [-0.15, -0.1) is 0 Å². The predicted octanol–water partition coefficient (Wildman–Crippen LogP) is 7.85. The first kappa shape index (κ1) is 58.5. The van der Waals surface area contributed by atoms with E-state index in [9.17, 15) is 24.0 Å². The number of primary amides is 2. The molecule has 0 unspecified atom stereocenters. The lowest BCUT2D eigenvalue weighted by atomic mass is 10.0. The number of carbonyl (C=O) groups is 5. The smallest absolute Gasteiger partial charge is 0.342 e. The molecule has 5 aromatic heterocycles. The van der Waals surface area contributed by atoms with E-state index in [-0.39, 0.29) is 17.8 Å². The van der Waals surface area contributed by atoms with E-state index in [2.05, 4.69) is 98.6 Å². The molecule has 2 amide bonds. The van der Waals surface area contributed by atoms with Crippen molar-refractivity contribution < 1.29 is 38.6 Å². The largest absolute Gasteiger partial charge is 0.478 e. The fraction of sp³-hybridized carbons (Fsp3) is 0.469. The highest BCUT2D eigenvalue weighted by Crippen LogP contribution is 2.31. The standard InChI is InChI=1S/C14H14ClN3O.C10H13IN2O2.C9H12IN3O2.C8H10IN3O.C8H9IN2O2/c15-10-5-3-4-9(8-10)13-12(14(16)19)11-6-1-2-7-18(11)17-13;1-2-15-10(14)8-7-5-3-4-6-13(7)12-9(8)11;1-2-15-9(14)7-6-5-11-3-4-13(6)12-8(7)10;9-7-6(8(10)13)5-3-1-2-4-12(5)11-7;9-7-6(8(12)13)5-3-1-2-4-11(5)10-7/h3-5,8H,1-2,6-7H2,(H2,16,19);2-6H2,1H3;11H,2-5H2,1H3;1-4H2,(H2,10,13);1-4H2,(H,12,13). The Labute approximate surface area is 492 Å². The van der Waals surface area contributed by atoms with Crippen molar-refractivity contribution in [3.63, 3.8) is 0 Å². The van der Waals surface area contributed by atoms with Gasteiger partial charge in [0.15, 0.2) is 0 Å². The molecule has 0 saturated carbocycles. The van der Waals surface area contributed by atoms with Crippen LogP contribution < -0.4 is 16.8 Å². The number of ether oxygens (including phenoxy) is 2. The van der Waals surface area contributed by atoms with Gasteiger partial charge in [-0.05, 0) is 193 Å². The number of aromatic carboxylic acids is 1. The Kier molecular flexibility index (Phi) is 21.4. The SMILES string of the molecule is CCOC(=O)c1c(I)nn2c1CCCC2.CCOC(=O)c1c(I)nn2c1CNCC2.NC(=O)c1c(-c2cccc(Cl)c2)nn2c1CCCC2.NC(=O)c1c(I)nn2c1CCCC2.O=C(O)c1c(I)nn2c1CCCC2. The van der Waals surface area contributed by atoms with Crippen molar-refractivity contribution >= 4 is 132 Å². The number of carbonyl (C=O) groups excluding carboxylic acids is 4. The minimum atomic E-state index is -0.854. The number of aromatic nitrogens is 10. The van der Waals surface area contributed by atoms with Gasteiger partial charge in [0.25, 0.3) is 11.8 Å². The quantitative estimate of drug-likeness (QED) is 0.0835. The molecule has 11 rings (SSSR count). The maximum atomic E-state index is 11.7. The van der Waals surface area contributed by atoms with Crippen molar-refractivity contribution in [1.29, 1.82) is 0 Å². The van der Waals surface area contributed by atoms with Crippen molar-refractivity contribution in [2.45, 2.75) is 130 Å². The number of hydrogen-bond acceptors (Lipinski definition) is 13. The Morgan fingerprint density at radius 1 is 0.573 bits per heavy atom. The number of amides is 2. The van der Waals surface area contributed by atoms with E-state index < -0.39 is 11.9 Å². The number of esters is 2. The molecule has 1 aromatic carbocycles. The maximum Gasteiger partial charge on any atom is 0.342 e. The van der Waals surface area contributed by atoms with Crippen LogP contribution in [0, 0.1) is 14.8 Å². The summed E-state index contributed by atoms with van der Waals surface area (Å²) in [4.78, 5) is 57.2. The van der Waals surface area contributed by atoms with Gasteiger partial charge in [0.1, 0.15) is 37.2 Å². The molecule has 6 aromatic rings. The molecule has 0 aliphatic carbocycles. The summed E-state index contributed by atoms with van der Waals surface area (Å²) in [6.07, 6.45) is 12.4. The summed E-state index contributed by atoms with van der Waals surface area (Å²) >= 11 is 14.2. The number of nitrogens with one attached hydrogen (secondary N) is 1. The Morgan fingerprint density at radius 2 is 0.973 bits per heavy atom. The molecular formula is C49H58ClI4N13O8. The van der Waals surface area contributed by atoms with E-state index in [0.717, 1.165) is 161 Å². The summed E-state index contributed by atoms with van der Waals surface area (Å²) in [5, 5.41) is 34.5. The van der Waals surface area contributed by atoms with Crippen LogP contribution in [0.2, 0.25) is 5.02 Å². The van der Waals surface area contributed by atoms with Crippen molar-refractivity contribution in [3.8, 4) is 11.3 Å². The Morgan fingerprint density at radius 3 is 1.43 bits per heavy atom. The first-order valence-electron chi connectivity index (χ1n) is 24.8. The normalized spacial score (nSPS) is 14.9. The zero-order valence-corrected chi connectivity index (χ0v) is 50.9. The minimum Gasteiger partial charge on any atom is -0.478 e. The van der Waals surface area contributed by atoms with Gasteiger partial charge < -0.3 is 31.4 Å². The molecule has 0 spiro atoms. The number of carboxylic acids is 1. The average molecular weight is 1500 g/mol. The zero-order valence-electron chi connectivity index (χ0n) is 41.5. The molecule has 75 heavy (non-hydrogen) atoms. The summed E-state index contributed by atoms with van der Waals surface area (Å²) in [5.74, 6) is -2.13. The molecule has 5 aliphatic rings. The number of aryl methyl sites for hydroxylation is 4. The van der Waals surface area contributed by atoms with Gasteiger partial charge in [0, 0.05) is 49.9 Å². The third-order valence-corrected chi connectivity index (χ3v) is 16.1. The van der Waals surface area contributed by atoms with Crippen molar-refractivity contribution in [2.75, 3.05) is 19.8 Å². The lowest BCUT2D eigenvalue weighted by Crippen LogP contribution is -2.29. The van der Waals surface area contributed by atoms with Crippen LogP contribution in [0.3, 0.4) is 0 Å². The molecule has 10 heterocycles. The first-order chi connectivity index (χ1) is 36.0. The monoisotopic (exact) mass is 1500 g/mol. The Bertz CT molecular complexity index is 2930. The molecule has 0 bridgehead atoms. The average Bonchev–Trinajstić information content (AvgIpc) is 4.20. The van der Waals surface area contributed by atoms with Crippen LogP contribution >= 0.6 is 102 Å². The molecule has 6 N–H and O–H groups in total. The van der Waals surface area contributed by atoms with E-state index in [1.807, 2.05) is 71.1 Å². The molecule has 21 nitrogen and oxygen atoms in total. The van der Waals surface area contributed by atoms with Crippen molar-refractivity contribution in [2.24, 2.45) is 11.5 Å². The molecular weight excluding hydrogens is 1440 g/mol. The van der Waals surface area contributed by atoms with Gasteiger partial charge in [0.2, 0.25) is 0 Å². The van der Waals surface area contributed by atoms with Crippen LogP contribution in [-0.4, -0.2) is 103 Å². The van der Waals surface area contributed by atoms with Gasteiger partial charge >= 0.3 is 17.9 Å². The van der Waals surface area contributed by atoms with E-state index in [4.69, 9.17) is 37.6 Å². The molecule has 26 heteroatoms. The van der Waals surface area contributed by atoms with Crippen LogP contribution in [0.1, 0.15) is 145 Å². The van der Waals surface area contributed by atoms with E-state index in [0.29, 0.717) is 62.0 Å². The molecule has 402 valence electrons. The highest BCUT2D eigenvalue weighted by Gasteiger charge is 2.28. The molecule has 0 radical (unpaired) electrons. The lowest BCUT2D eigenvalue weighted by molar-refractivity contribution is 0.0513. The minimum absolute atomic E-state index is 0.231. The summed E-state index contributed by atoms with van der Waals surface area (Å²) in [6.45, 7) is 10.4. The second kappa shape index (κ2) is 27.4. The highest BCUT2D eigenvalue weighted by molar-refractivity contribution is 14.1. The number of hydrogen-bond donors (Lipinski definition) is 4. The molecule has 0 atom stereocenters. The molecule has 0 fully saturated rings. The van der Waals surface area contributed by atoms with Crippen LogP contribution in [0.15, 0.2) is 24.3 Å². The van der Waals surface area contributed by atoms with Crippen LogP contribution in [0.4, 0.5) is 0 Å². The number of nitrogens with two attached hydrogens (primary N) is 2. The number of carboxylic acid groups (broad SMARTS) is 1. The van der Waals surface area contributed by atoms with E-state index in [1.54, 1.807) is 13.0 Å². The van der Waals surface area contributed by atoms with E-state index in [1.165, 1.54) is 0 Å². The van der Waals surface area contributed by atoms with Crippen LogP contribution in [0.5, 0.6) is 0 Å². The third-order valence-electron chi connectivity index (χ3n) is 12.8. The van der Waals surface area contributed by atoms with Crippen molar-refractivity contribution in [3.05, 3.63) is 100 Å². The zero-order chi connectivity index (χ0) is 53.9. The van der Waals surface area contributed by atoms with Gasteiger partial charge in [-0.25, -0.2) is 14.4 Å². The number of fused-ring (bicyclic) bond motifs is 5. The second-order valence-electron chi connectivity index (χ2n) is 17.7. The fourth-order valence-corrected chi connectivity index (χ4v) is 12.9. The number of nitrogens with zero attached hydrogens (tertiary/aromatic N) is 10. The van der Waals surface area contributed by atoms with Crippen LogP contribution in [-0.2, 0) is 74.4 Å². The first-order valence-corrected chi connectivity index (χ1v) is 29.5. The predicted molar refractivity (Wildman–Crippen MR) is 312 cm³/mol. The molecule has 5 aliphatic heterocycles. The Hall–Kier alpha value is -4.21. The summed E-state index contributed by atoms with van der Waals surface area (Å²) in [6, 6.07) is 7.35. The second-order valence-corrected chi connectivity index (χ2v) is 22.2. The van der Waals surface area contributed by atoms with Crippen molar-refractivity contribution in [1.82, 2.24) is 54.2 Å². The fourth-order valence-electron chi connectivity index (χ4n) is 9.45. The van der Waals surface area contributed by atoms with Crippen LogP contribution in [0.25, 0.3) is 11.3 Å². The van der Waals surface area contributed by atoms with Gasteiger partial charge in [-0.3, -0.25) is 33.0 Å². The summed E-state index contributed by atoms with van der Waals surface area (Å²) < 4.78 is 22.3. The third kappa shape index (κ3) is 14.1. The highest BCUT2D eigenvalue weighted by atomic mass is 127. The summed E-state index contributed by atoms with van der Waals surface area (Å²) in [7, 11) is 0. The molecule has 0 saturated heterocycles. The van der Waals surface area contributed by atoms with E-state index >= 15 is 0 Å². The maximum absolute atomic E-state index is 11.7. The summed E-state index contributed by atoms with van der Waals surface area (Å²) in [5.41, 5.74) is 20.0. The topological polar surface area (TPSA) is 277 Å². The number of rotatable bonds is 8. The lowest BCUT2D eigenvalue weighted by Gasteiger charge is -2.15.